The second kappa shape index (κ2) is 9.49. The number of aliphatic hydroxyl groups is 1. The molecule has 1 unspecified atom stereocenters. The zero-order valence-electron chi connectivity index (χ0n) is 16.5. The number of piperidine rings is 1. The van der Waals surface area contributed by atoms with Crippen LogP contribution >= 0.6 is 0 Å². The fraction of sp³-hybridized carbons (Fsp3) is 0.950. The van der Waals surface area contributed by atoms with Gasteiger partial charge in [-0.25, -0.2) is 0 Å². The first-order valence-corrected chi connectivity index (χ1v) is 10.5. The molecule has 1 spiro atoms. The van der Waals surface area contributed by atoms with Gasteiger partial charge in [0.2, 0.25) is 5.91 Å². The van der Waals surface area contributed by atoms with Crippen LogP contribution in [0.1, 0.15) is 38.5 Å². The zero-order valence-corrected chi connectivity index (χ0v) is 16.5. The van der Waals surface area contributed by atoms with Crippen LogP contribution in [0.15, 0.2) is 0 Å². The van der Waals surface area contributed by atoms with Gasteiger partial charge >= 0.3 is 0 Å². The molecule has 1 N–H and O–H groups in total. The Labute approximate surface area is 158 Å². The molecule has 3 aliphatic heterocycles. The topological polar surface area (TPSA) is 56.3 Å². The van der Waals surface area contributed by atoms with Crippen molar-refractivity contribution in [2.24, 2.45) is 11.3 Å². The summed E-state index contributed by atoms with van der Waals surface area (Å²) in [6.45, 7) is 8.37. The normalized spacial score (nSPS) is 27.8. The van der Waals surface area contributed by atoms with E-state index in [1.54, 1.807) is 7.11 Å². The number of rotatable bonds is 6. The molecule has 6 heteroatoms. The Bertz CT molecular complexity index is 444. The van der Waals surface area contributed by atoms with Gasteiger partial charge in [0.25, 0.3) is 0 Å². The molecule has 1 atom stereocenters. The molecule has 0 aromatic carbocycles. The van der Waals surface area contributed by atoms with Crippen molar-refractivity contribution < 1.29 is 14.6 Å². The third-order valence-corrected chi connectivity index (χ3v) is 6.88. The Balaban J connectivity index is 1.50. The lowest BCUT2D eigenvalue weighted by Gasteiger charge is -2.42. The van der Waals surface area contributed by atoms with E-state index < -0.39 is 0 Å². The van der Waals surface area contributed by atoms with Crippen LogP contribution in [0.5, 0.6) is 0 Å². The van der Waals surface area contributed by atoms with Crippen molar-refractivity contribution in [3.05, 3.63) is 0 Å². The molecule has 0 aliphatic carbocycles. The van der Waals surface area contributed by atoms with Crippen molar-refractivity contribution in [3.63, 3.8) is 0 Å². The quantitative estimate of drug-likeness (QED) is 0.760. The molecule has 6 nitrogen and oxygen atoms in total. The Morgan fingerprint density at radius 1 is 1.08 bits per heavy atom. The van der Waals surface area contributed by atoms with Crippen LogP contribution in [0.2, 0.25) is 0 Å². The number of carbonyl (C=O) groups excluding carboxylic acids is 1. The maximum Gasteiger partial charge on any atom is 0.236 e. The largest absolute Gasteiger partial charge is 0.396 e. The number of amides is 1. The maximum absolute atomic E-state index is 12.7. The summed E-state index contributed by atoms with van der Waals surface area (Å²) in [5.74, 6) is 0.638. The number of likely N-dealkylation sites (tertiary alicyclic amines) is 3. The number of aliphatic hydroxyl groups excluding tert-OH is 1. The fourth-order valence-electron chi connectivity index (χ4n) is 5.14. The SMILES string of the molecule is COCCN1CC(CO)C2(CCN(C(=O)CN3CCCCCC3)CC2)C1. The predicted octanol–water partition coefficient (Wildman–Crippen LogP) is 1.04. The van der Waals surface area contributed by atoms with Crippen LogP contribution < -0.4 is 0 Å². The van der Waals surface area contributed by atoms with Crippen LogP contribution in [0.4, 0.5) is 0 Å². The van der Waals surface area contributed by atoms with Crippen molar-refractivity contribution in [2.45, 2.75) is 38.5 Å². The second-order valence-corrected chi connectivity index (χ2v) is 8.54. The van der Waals surface area contributed by atoms with Gasteiger partial charge < -0.3 is 19.6 Å². The second-order valence-electron chi connectivity index (χ2n) is 8.54. The Hall–Kier alpha value is -0.690. The zero-order chi connectivity index (χ0) is 18.4. The van der Waals surface area contributed by atoms with Crippen molar-refractivity contribution in [1.82, 2.24) is 14.7 Å². The molecule has 3 rings (SSSR count). The predicted molar refractivity (Wildman–Crippen MR) is 102 cm³/mol. The average molecular weight is 368 g/mol. The monoisotopic (exact) mass is 367 g/mol. The minimum atomic E-state index is 0.182. The van der Waals surface area contributed by atoms with E-state index in [0.29, 0.717) is 18.4 Å². The third kappa shape index (κ3) is 4.77. The molecule has 3 aliphatic rings. The van der Waals surface area contributed by atoms with Crippen LogP contribution in [-0.4, -0.2) is 98.4 Å². The number of hydrogen-bond acceptors (Lipinski definition) is 5. The van der Waals surface area contributed by atoms with Crippen LogP contribution in [0.25, 0.3) is 0 Å². The van der Waals surface area contributed by atoms with Crippen LogP contribution in [0, 0.1) is 11.3 Å². The molecule has 0 radical (unpaired) electrons. The molecule has 150 valence electrons. The summed E-state index contributed by atoms with van der Waals surface area (Å²) >= 11 is 0. The van der Waals surface area contributed by atoms with E-state index in [2.05, 4.69) is 14.7 Å². The van der Waals surface area contributed by atoms with E-state index in [-0.39, 0.29) is 12.0 Å². The Kier molecular flexibility index (Phi) is 7.32. The molecular weight excluding hydrogens is 330 g/mol. The lowest BCUT2D eigenvalue weighted by atomic mass is 9.71. The van der Waals surface area contributed by atoms with Gasteiger partial charge in [-0.15, -0.1) is 0 Å². The molecular formula is C20H37N3O3. The van der Waals surface area contributed by atoms with E-state index in [4.69, 9.17) is 4.74 Å². The van der Waals surface area contributed by atoms with Gasteiger partial charge in [0, 0.05) is 52.4 Å². The summed E-state index contributed by atoms with van der Waals surface area (Å²) in [5, 5.41) is 9.90. The number of hydrogen-bond donors (Lipinski definition) is 1. The summed E-state index contributed by atoms with van der Waals surface area (Å²) < 4.78 is 5.22. The molecule has 1 amide bonds. The summed E-state index contributed by atoms with van der Waals surface area (Å²) in [7, 11) is 1.74. The summed E-state index contributed by atoms with van der Waals surface area (Å²) in [4.78, 5) is 19.6. The first-order chi connectivity index (χ1) is 12.7. The lowest BCUT2D eigenvalue weighted by Crippen LogP contribution is -2.49. The fourth-order valence-corrected chi connectivity index (χ4v) is 5.14. The highest BCUT2D eigenvalue weighted by atomic mass is 16.5. The number of nitrogens with zero attached hydrogens (tertiary/aromatic N) is 3. The third-order valence-electron chi connectivity index (χ3n) is 6.88. The summed E-state index contributed by atoms with van der Waals surface area (Å²) in [6.07, 6.45) is 7.11. The molecule has 3 saturated heterocycles. The first kappa shape index (κ1) is 20.1. The van der Waals surface area contributed by atoms with Crippen molar-refractivity contribution in [1.29, 1.82) is 0 Å². The average Bonchev–Trinajstić information content (AvgIpc) is 2.81. The van der Waals surface area contributed by atoms with Gasteiger partial charge in [0.15, 0.2) is 0 Å². The van der Waals surface area contributed by atoms with Gasteiger partial charge in [0.05, 0.1) is 13.2 Å². The smallest absolute Gasteiger partial charge is 0.236 e. The van der Waals surface area contributed by atoms with Crippen LogP contribution in [0.3, 0.4) is 0 Å². The maximum atomic E-state index is 12.7. The molecule has 3 heterocycles. The van der Waals surface area contributed by atoms with E-state index in [1.807, 2.05) is 0 Å². The van der Waals surface area contributed by atoms with E-state index in [0.717, 1.165) is 65.3 Å². The highest BCUT2D eigenvalue weighted by Crippen LogP contribution is 2.44. The number of carbonyl (C=O) groups is 1. The summed E-state index contributed by atoms with van der Waals surface area (Å²) in [6, 6.07) is 0. The van der Waals surface area contributed by atoms with Gasteiger partial charge in [0.1, 0.15) is 0 Å². The van der Waals surface area contributed by atoms with Gasteiger partial charge in [-0.1, -0.05) is 12.8 Å². The minimum Gasteiger partial charge on any atom is -0.396 e. The Morgan fingerprint density at radius 3 is 2.38 bits per heavy atom. The van der Waals surface area contributed by atoms with Crippen molar-refractivity contribution >= 4 is 5.91 Å². The molecule has 0 aromatic rings. The standard InChI is InChI=1S/C20H37N3O3/c1-26-13-12-22-14-18(16-24)20(17-22)6-10-23(11-7-20)19(25)15-21-8-4-2-3-5-9-21/h18,24H,2-17H2,1H3. The minimum absolute atomic E-state index is 0.182. The van der Waals surface area contributed by atoms with Crippen molar-refractivity contribution in [3.8, 4) is 0 Å². The molecule has 26 heavy (non-hydrogen) atoms. The van der Waals surface area contributed by atoms with E-state index >= 15 is 0 Å². The number of methoxy groups -OCH3 is 1. The van der Waals surface area contributed by atoms with E-state index in [1.165, 1.54) is 25.7 Å². The highest BCUT2D eigenvalue weighted by Gasteiger charge is 2.47. The Morgan fingerprint density at radius 2 is 1.77 bits per heavy atom. The summed E-state index contributed by atoms with van der Waals surface area (Å²) in [5.41, 5.74) is 0.182. The molecule has 0 aromatic heterocycles. The van der Waals surface area contributed by atoms with E-state index in [9.17, 15) is 9.90 Å². The van der Waals surface area contributed by atoms with Gasteiger partial charge in [-0.3, -0.25) is 9.69 Å². The molecule has 0 bridgehead atoms. The van der Waals surface area contributed by atoms with Gasteiger partial charge in [-0.2, -0.15) is 0 Å². The number of ether oxygens (including phenoxy) is 1. The molecule has 3 fully saturated rings. The lowest BCUT2D eigenvalue weighted by molar-refractivity contribution is -0.135. The van der Waals surface area contributed by atoms with Crippen molar-refractivity contribution in [2.75, 3.05) is 72.7 Å². The highest BCUT2D eigenvalue weighted by molar-refractivity contribution is 5.78. The van der Waals surface area contributed by atoms with Crippen LogP contribution in [-0.2, 0) is 9.53 Å². The molecule has 0 saturated carbocycles. The first-order valence-electron chi connectivity index (χ1n) is 10.5. The van der Waals surface area contributed by atoms with Gasteiger partial charge in [-0.05, 0) is 44.2 Å².